The Labute approximate surface area is 87.3 Å². The summed E-state index contributed by atoms with van der Waals surface area (Å²) >= 11 is 0. The van der Waals surface area contributed by atoms with E-state index in [0.717, 1.165) is 38.5 Å². The number of unbranched alkanes of at least 4 members (excludes halogenated alkanes) is 2. The average Bonchev–Trinajstić information content (AvgIpc) is 2.21. The number of hydrogen-bond acceptors (Lipinski definition) is 2. The minimum Gasteiger partial charge on any atom is -0.384 e. The normalized spacial score (nSPS) is 10.9. The molecule has 0 unspecified atom stereocenters. The summed E-state index contributed by atoms with van der Waals surface area (Å²) in [5.41, 5.74) is -0.866. The fraction of sp³-hybridized carbons (Fsp3) is 0.833. The van der Waals surface area contributed by atoms with Gasteiger partial charge in [-0.1, -0.05) is 38.5 Å². The summed E-state index contributed by atoms with van der Waals surface area (Å²) in [7, 11) is 0. The lowest BCUT2D eigenvalue weighted by Gasteiger charge is -2.21. The Morgan fingerprint density at radius 2 is 1.57 bits per heavy atom. The number of aliphatic hydroxyl groups is 2. The molecule has 2 heteroatoms. The van der Waals surface area contributed by atoms with Crippen molar-refractivity contribution in [3.05, 3.63) is 0 Å². The van der Waals surface area contributed by atoms with Crippen LogP contribution in [-0.4, -0.2) is 22.4 Å². The zero-order valence-corrected chi connectivity index (χ0v) is 9.34. The molecule has 0 aliphatic carbocycles. The molecule has 0 amide bonds. The molecule has 0 aromatic heterocycles. The number of hydrogen-bond donors (Lipinski definition) is 2. The van der Waals surface area contributed by atoms with Crippen molar-refractivity contribution in [2.45, 2.75) is 58.0 Å². The minimum absolute atomic E-state index is 0.166. The predicted octanol–water partition coefficient (Wildman–Crippen LogP) is 2.09. The second kappa shape index (κ2) is 7.84. The fourth-order valence-electron chi connectivity index (χ4n) is 1.39. The van der Waals surface area contributed by atoms with Crippen molar-refractivity contribution in [2.75, 3.05) is 6.61 Å². The fourth-order valence-corrected chi connectivity index (χ4v) is 1.39. The first-order valence-corrected chi connectivity index (χ1v) is 5.51. The highest BCUT2D eigenvalue weighted by Crippen LogP contribution is 2.20. The van der Waals surface area contributed by atoms with Crippen LogP contribution in [0, 0.1) is 11.8 Å². The lowest BCUT2D eigenvalue weighted by atomic mass is 9.91. The lowest BCUT2D eigenvalue weighted by molar-refractivity contribution is 0.0771. The Balaban J connectivity index is 4.17. The van der Waals surface area contributed by atoms with Gasteiger partial charge >= 0.3 is 0 Å². The van der Waals surface area contributed by atoms with E-state index in [-0.39, 0.29) is 6.61 Å². The maximum Gasteiger partial charge on any atom is 0.125 e. The van der Waals surface area contributed by atoms with Crippen molar-refractivity contribution in [1.29, 1.82) is 0 Å². The molecule has 0 saturated carbocycles. The van der Waals surface area contributed by atoms with E-state index in [2.05, 4.69) is 25.7 Å². The summed E-state index contributed by atoms with van der Waals surface area (Å²) in [6.07, 6.45) is 5.54. The summed E-state index contributed by atoms with van der Waals surface area (Å²) < 4.78 is 0. The maximum absolute atomic E-state index is 10.1. The van der Waals surface area contributed by atoms with Gasteiger partial charge in [-0.15, -0.1) is 0 Å². The first-order valence-electron chi connectivity index (χ1n) is 5.51. The molecule has 0 bridgehead atoms. The van der Waals surface area contributed by atoms with Gasteiger partial charge in [-0.25, -0.2) is 0 Å². The van der Waals surface area contributed by atoms with Crippen LogP contribution in [0.1, 0.15) is 52.4 Å². The zero-order valence-electron chi connectivity index (χ0n) is 9.34. The molecule has 0 aromatic carbocycles. The van der Waals surface area contributed by atoms with Gasteiger partial charge in [0.25, 0.3) is 0 Å². The standard InChI is InChI=1S/C12H22O2/c1-3-5-8-12(14,9-6-4-2)10-7-11-13/h13-14H,3-6,8-9,11H2,1-2H3. The van der Waals surface area contributed by atoms with Gasteiger partial charge in [0.15, 0.2) is 0 Å². The zero-order chi connectivity index (χ0) is 10.9. The highest BCUT2D eigenvalue weighted by molar-refractivity contribution is 5.13. The third kappa shape index (κ3) is 6.01. The SMILES string of the molecule is CCCCC(O)(C#CCO)CCCC. The molecule has 0 saturated heterocycles. The Bertz CT molecular complexity index is 180. The summed E-state index contributed by atoms with van der Waals surface area (Å²) in [4.78, 5) is 0. The van der Waals surface area contributed by atoms with E-state index in [1.54, 1.807) is 0 Å². The second-order valence-electron chi connectivity index (χ2n) is 3.70. The highest BCUT2D eigenvalue weighted by Gasteiger charge is 2.22. The predicted molar refractivity (Wildman–Crippen MR) is 58.9 cm³/mol. The Morgan fingerprint density at radius 1 is 1.07 bits per heavy atom. The van der Waals surface area contributed by atoms with Crippen LogP contribution in [-0.2, 0) is 0 Å². The maximum atomic E-state index is 10.1. The highest BCUT2D eigenvalue weighted by atomic mass is 16.3. The van der Waals surface area contributed by atoms with Crippen molar-refractivity contribution in [3.63, 3.8) is 0 Å². The molecule has 0 fully saturated rings. The van der Waals surface area contributed by atoms with Crippen LogP contribution in [0.15, 0.2) is 0 Å². The molecule has 2 N–H and O–H groups in total. The van der Waals surface area contributed by atoms with Gasteiger partial charge in [0.05, 0.1) is 0 Å². The molecule has 0 aliphatic rings. The molecule has 0 atom stereocenters. The van der Waals surface area contributed by atoms with Crippen molar-refractivity contribution >= 4 is 0 Å². The Kier molecular flexibility index (Phi) is 7.55. The van der Waals surface area contributed by atoms with Gasteiger partial charge < -0.3 is 10.2 Å². The summed E-state index contributed by atoms with van der Waals surface area (Å²) in [5, 5.41) is 18.7. The Hall–Kier alpha value is -0.520. The molecule has 0 radical (unpaired) electrons. The quantitative estimate of drug-likeness (QED) is 0.642. The van der Waals surface area contributed by atoms with E-state index in [0.29, 0.717) is 0 Å². The molecule has 0 heterocycles. The van der Waals surface area contributed by atoms with Crippen molar-refractivity contribution in [2.24, 2.45) is 0 Å². The summed E-state index contributed by atoms with van der Waals surface area (Å²) in [6, 6.07) is 0. The summed E-state index contributed by atoms with van der Waals surface area (Å²) in [6.45, 7) is 4.03. The van der Waals surface area contributed by atoms with Crippen LogP contribution < -0.4 is 0 Å². The largest absolute Gasteiger partial charge is 0.384 e. The van der Waals surface area contributed by atoms with Gasteiger partial charge in [0.2, 0.25) is 0 Å². The van der Waals surface area contributed by atoms with Crippen molar-refractivity contribution < 1.29 is 10.2 Å². The van der Waals surface area contributed by atoms with Crippen LogP contribution in [0.5, 0.6) is 0 Å². The second-order valence-corrected chi connectivity index (χ2v) is 3.70. The molecule has 0 aliphatic heterocycles. The third-order valence-electron chi connectivity index (χ3n) is 2.29. The summed E-state index contributed by atoms with van der Waals surface area (Å²) in [5.74, 6) is 5.33. The van der Waals surface area contributed by atoms with Gasteiger partial charge in [0, 0.05) is 0 Å². The van der Waals surface area contributed by atoms with Crippen LogP contribution in [0.3, 0.4) is 0 Å². The minimum atomic E-state index is -0.866. The van der Waals surface area contributed by atoms with E-state index in [1.807, 2.05) is 0 Å². The van der Waals surface area contributed by atoms with Crippen LogP contribution >= 0.6 is 0 Å². The van der Waals surface area contributed by atoms with Crippen LogP contribution in [0.2, 0.25) is 0 Å². The van der Waals surface area contributed by atoms with E-state index in [4.69, 9.17) is 5.11 Å². The first kappa shape index (κ1) is 13.5. The molecule has 0 rings (SSSR count). The number of aliphatic hydroxyl groups excluding tert-OH is 1. The topological polar surface area (TPSA) is 40.5 Å². The molecule has 0 spiro atoms. The van der Waals surface area contributed by atoms with Crippen molar-refractivity contribution in [3.8, 4) is 11.8 Å². The number of rotatable bonds is 6. The smallest absolute Gasteiger partial charge is 0.125 e. The molecule has 14 heavy (non-hydrogen) atoms. The monoisotopic (exact) mass is 198 g/mol. The van der Waals surface area contributed by atoms with Crippen LogP contribution in [0.25, 0.3) is 0 Å². The molecule has 82 valence electrons. The molecule has 0 aromatic rings. The first-order chi connectivity index (χ1) is 6.68. The lowest BCUT2D eigenvalue weighted by Crippen LogP contribution is -2.26. The van der Waals surface area contributed by atoms with Gasteiger partial charge in [0.1, 0.15) is 12.2 Å². The average molecular weight is 198 g/mol. The van der Waals surface area contributed by atoms with E-state index >= 15 is 0 Å². The van der Waals surface area contributed by atoms with Gasteiger partial charge in [-0.05, 0) is 25.7 Å². The molecule has 2 nitrogen and oxygen atoms in total. The third-order valence-corrected chi connectivity index (χ3v) is 2.29. The Morgan fingerprint density at radius 3 is 1.93 bits per heavy atom. The van der Waals surface area contributed by atoms with Crippen LogP contribution in [0.4, 0.5) is 0 Å². The van der Waals surface area contributed by atoms with E-state index in [1.165, 1.54) is 0 Å². The molecular weight excluding hydrogens is 176 g/mol. The van der Waals surface area contributed by atoms with E-state index in [9.17, 15) is 5.11 Å². The molecular formula is C12H22O2. The van der Waals surface area contributed by atoms with E-state index < -0.39 is 5.60 Å². The van der Waals surface area contributed by atoms with Gasteiger partial charge in [-0.2, -0.15) is 0 Å². The van der Waals surface area contributed by atoms with Gasteiger partial charge in [-0.3, -0.25) is 0 Å². The van der Waals surface area contributed by atoms with Crippen molar-refractivity contribution in [1.82, 2.24) is 0 Å².